The molecule has 4 nitrogen and oxygen atoms in total. The highest BCUT2D eigenvalue weighted by Gasteiger charge is 2.19. The van der Waals surface area contributed by atoms with Crippen molar-refractivity contribution >= 4 is 11.6 Å². The number of halogens is 1. The maximum atomic E-state index is 6.14. The van der Waals surface area contributed by atoms with Gasteiger partial charge in [0, 0.05) is 42.4 Å². The Morgan fingerprint density at radius 1 is 0.960 bits per heavy atom. The van der Waals surface area contributed by atoms with Gasteiger partial charge in [-0.1, -0.05) is 17.7 Å². The molecule has 1 heterocycles. The molecule has 0 bridgehead atoms. The number of hydrogen-bond donors (Lipinski definition) is 0. The van der Waals surface area contributed by atoms with Gasteiger partial charge in [-0.3, -0.25) is 4.90 Å². The lowest BCUT2D eigenvalue weighted by molar-refractivity contribution is 0.255. The van der Waals surface area contributed by atoms with E-state index in [1.165, 1.54) is 11.1 Å². The summed E-state index contributed by atoms with van der Waals surface area (Å²) in [6, 6.07) is 10.0. The summed E-state index contributed by atoms with van der Waals surface area (Å²) in [7, 11) is 5.00. The van der Waals surface area contributed by atoms with E-state index in [0.717, 1.165) is 60.3 Å². The second kappa shape index (κ2) is 7.98. The summed E-state index contributed by atoms with van der Waals surface area (Å²) in [5, 5.41) is 0.805. The number of benzene rings is 2. The number of nitrogens with zero attached hydrogens (tertiary/aromatic N) is 1. The number of ether oxygens (including phenoxy) is 3. The van der Waals surface area contributed by atoms with Crippen LogP contribution >= 0.6 is 11.6 Å². The third-order valence-corrected chi connectivity index (χ3v) is 4.99. The van der Waals surface area contributed by atoms with Crippen molar-refractivity contribution in [1.82, 2.24) is 4.90 Å². The quantitative estimate of drug-likeness (QED) is 0.779. The second-order valence-corrected chi connectivity index (χ2v) is 6.64. The molecular weight excluding hydrogens is 338 g/mol. The SMILES string of the molecule is COc1cc(OC)c(CCN2CCc3ccc(Cl)cc3C2)c(OC)c1. The average Bonchev–Trinajstić information content (AvgIpc) is 2.65. The summed E-state index contributed by atoms with van der Waals surface area (Å²) in [6.45, 7) is 2.91. The Morgan fingerprint density at radius 2 is 1.68 bits per heavy atom. The highest BCUT2D eigenvalue weighted by molar-refractivity contribution is 6.30. The first kappa shape index (κ1) is 17.9. The van der Waals surface area contributed by atoms with Crippen LogP contribution in [0.15, 0.2) is 30.3 Å². The van der Waals surface area contributed by atoms with Crippen LogP contribution in [0.4, 0.5) is 0 Å². The highest BCUT2D eigenvalue weighted by atomic mass is 35.5. The molecule has 5 heteroatoms. The molecule has 0 fully saturated rings. The van der Waals surface area contributed by atoms with E-state index in [1.54, 1.807) is 21.3 Å². The Bertz CT molecular complexity index is 723. The Kier molecular flexibility index (Phi) is 5.71. The minimum absolute atomic E-state index is 0.735. The van der Waals surface area contributed by atoms with E-state index >= 15 is 0 Å². The summed E-state index contributed by atoms with van der Waals surface area (Å²) in [5.74, 6) is 2.34. The van der Waals surface area contributed by atoms with Crippen LogP contribution in [0.3, 0.4) is 0 Å². The van der Waals surface area contributed by atoms with E-state index in [0.29, 0.717) is 0 Å². The predicted molar refractivity (Wildman–Crippen MR) is 100 cm³/mol. The fourth-order valence-corrected chi connectivity index (χ4v) is 3.56. The van der Waals surface area contributed by atoms with Gasteiger partial charge in [0.05, 0.1) is 21.3 Å². The van der Waals surface area contributed by atoms with Gasteiger partial charge < -0.3 is 14.2 Å². The molecule has 0 saturated heterocycles. The number of hydrogen-bond acceptors (Lipinski definition) is 4. The topological polar surface area (TPSA) is 30.9 Å². The van der Waals surface area contributed by atoms with Crippen molar-refractivity contribution in [3.8, 4) is 17.2 Å². The molecule has 0 unspecified atom stereocenters. The third-order valence-electron chi connectivity index (χ3n) is 4.75. The van der Waals surface area contributed by atoms with Crippen molar-refractivity contribution in [1.29, 1.82) is 0 Å². The average molecular weight is 362 g/mol. The number of rotatable bonds is 6. The first-order valence-corrected chi connectivity index (χ1v) is 8.81. The molecule has 0 aliphatic carbocycles. The lowest BCUT2D eigenvalue weighted by Gasteiger charge is -2.29. The van der Waals surface area contributed by atoms with Crippen molar-refractivity contribution in [2.24, 2.45) is 0 Å². The Hall–Kier alpha value is -1.91. The lowest BCUT2D eigenvalue weighted by Crippen LogP contribution is -2.32. The van der Waals surface area contributed by atoms with Crippen LogP contribution < -0.4 is 14.2 Å². The standard InChI is InChI=1S/C20H24ClNO3/c1-23-17-11-19(24-2)18(20(12-17)25-3)7-9-22-8-6-14-4-5-16(21)10-15(14)13-22/h4-5,10-12H,6-9,13H2,1-3H3. The van der Waals surface area contributed by atoms with Gasteiger partial charge in [-0.15, -0.1) is 0 Å². The van der Waals surface area contributed by atoms with Gasteiger partial charge in [0.25, 0.3) is 0 Å². The lowest BCUT2D eigenvalue weighted by atomic mass is 9.99. The van der Waals surface area contributed by atoms with E-state index in [-0.39, 0.29) is 0 Å². The Labute approximate surface area is 154 Å². The maximum absolute atomic E-state index is 6.14. The molecule has 0 amide bonds. The van der Waals surface area contributed by atoms with Crippen LogP contribution in [0.5, 0.6) is 17.2 Å². The molecule has 0 radical (unpaired) electrons. The van der Waals surface area contributed by atoms with Crippen molar-refractivity contribution in [2.75, 3.05) is 34.4 Å². The van der Waals surface area contributed by atoms with Crippen molar-refractivity contribution in [2.45, 2.75) is 19.4 Å². The molecule has 1 aliphatic heterocycles. The molecule has 25 heavy (non-hydrogen) atoms. The number of fused-ring (bicyclic) bond motifs is 1. The van der Waals surface area contributed by atoms with Crippen LogP contribution in [0.1, 0.15) is 16.7 Å². The maximum Gasteiger partial charge on any atom is 0.129 e. The molecular formula is C20H24ClNO3. The minimum Gasteiger partial charge on any atom is -0.496 e. The van der Waals surface area contributed by atoms with E-state index in [2.05, 4.69) is 17.0 Å². The van der Waals surface area contributed by atoms with Crippen LogP contribution in [0.2, 0.25) is 5.02 Å². The van der Waals surface area contributed by atoms with Gasteiger partial charge in [-0.2, -0.15) is 0 Å². The Balaban J connectivity index is 1.74. The summed E-state index contributed by atoms with van der Waals surface area (Å²) in [5.41, 5.74) is 3.80. The summed E-state index contributed by atoms with van der Waals surface area (Å²) < 4.78 is 16.4. The van der Waals surface area contributed by atoms with Crippen LogP contribution in [-0.4, -0.2) is 39.3 Å². The van der Waals surface area contributed by atoms with Crippen LogP contribution in [0.25, 0.3) is 0 Å². The van der Waals surface area contributed by atoms with Crippen molar-refractivity contribution < 1.29 is 14.2 Å². The molecule has 2 aromatic rings. The van der Waals surface area contributed by atoms with E-state index < -0.39 is 0 Å². The molecule has 0 spiro atoms. The molecule has 0 saturated carbocycles. The summed E-state index contributed by atoms with van der Waals surface area (Å²) in [4.78, 5) is 2.45. The summed E-state index contributed by atoms with van der Waals surface area (Å²) >= 11 is 6.14. The first-order valence-electron chi connectivity index (χ1n) is 8.43. The Morgan fingerprint density at radius 3 is 2.32 bits per heavy atom. The molecule has 2 aromatic carbocycles. The largest absolute Gasteiger partial charge is 0.496 e. The zero-order valence-electron chi connectivity index (χ0n) is 15.0. The molecule has 0 aromatic heterocycles. The highest BCUT2D eigenvalue weighted by Crippen LogP contribution is 2.34. The second-order valence-electron chi connectivity index (χ2n) is 6.20. The van der Waals surface area contributed by atoms with Gasteiger partial charge in [0.2, 0.25) is 0 Å². The van der Waals surface area contributed by atoms with Crippen LogP contribution in [-0.2, 0) is 19.4 Å². The van der Waals surface area contributed by atoms with E-state index in [1.807, 2.05) is 18.2 Å². The fraction of sp³-hybridized carbons (Fsp3) is 0.400. The van der Waals surface area contributed by atoms with E-state index in [9.17, 15) is 0 Å². The van der Waals surface area contributed by atoms with Gasteiger partial charge in [0.1, 0.15) is 17.2 Å². The predicted octanol–water partition coefficient (Wildman–Crippen LogP) is 3.97. The van der Waals surface area contributed by atoms with E-state index in [4.69, 9.17) is 25.8 Å². The number of methoxy groups -OCH3 is 3. The normalized spacial score (nSPS) is 14.1. The van der Waals surface area contributed by atoms with Crippen molar-refractivity contribution in [3.05, 3.63) is 52.0 Å². The monoisotopic (exact) mass is 361 g/mol. The molecule has 0 N–H and O–H groups in total. The molecule has 1 aliphatic rings. The van der Waals surface area contributed by atoms with Crippen molar-refractivity contribution in [3.63, 3.8) is 0 Å². The third kappa shape index (κ3) is 4.02. The smallest absolute Gasteiger partial charge is 0.129 e. The van der Waals surface area contributed by atoms with Gasteiger partial charge in [-0.25, -0.2) is 0 Å². The first-order chi connectivity index (χ1) is 12.1. The zero-order chi connectivity index (χ0) is 17.8. The van der Waals surface area contributed by atoms with Crippen LogP contribution in [0, 0.1) is 0 Å². The van der Waals surface area contributed by atoms with Gasteiger partial charge in [0.15, 0.2) is 0 Å². The molecule has 3 rings (SSSR count). The fourth-order valence-electron chi connectivity index (χ4n) is 3.37. The van der Waals surface area contributed by atoms with Gasteiger partial charge >= 0.3 is 0 Å². The zero-order valence-corrected chi connectivity index (χ0v) is 15.7. The molecule has 134 valence electrons. The summed E-state index contributed by atoms with van der Waals surface area (Å²) in [6.07, 6.45) is 1.91. The minimum atomic E-state index is 0.735. The van der Waals surface area contributed by atoms with Gasteiger partial charge in [-0.05, 0) is 36.1 Å². The molecule has 0 atom stereocenters.